The Labute approximate surface area is 147 Å². The number of aromatic nitrogens is 1. The van der Waals surface area contributed by atoms with E-state index in [0.717, 1.165) is 16.5 Å². The van der Waals surface area contributed by atoms with Crippen LogP contribution in [0.3, 0.4) is 0 Å². The Morgan fingerprint density at radius 3 is 2.92 bits per heavy atom. The van der Waals surface area contributed by atoms with Gasteiger partial charge in [-0.1, -0.05) is 11.6 Å². The maximum Gasteiger partial charge on any atom is 0.253 e. The van der Waals surface area contributed by atoms with E-state index in [-0.39, 0.29) is 17.9 Å². The SMILES string of the molecule is CO[C@@H]1COC[C@@H](CNC(=O)c2cc3cc(C)ccc3nc2C)[C@@H]1O. The molecule has 0 saturated carbocycles. The van der Waals surface area contributed by atoms with Crippen LogP contribution in [0.15, 0.2) is 24.3 Å². The molecule has 0 aliphatic carbocycles. The first-order valence-electron chi connectivity index (χ1n) is 8.44. The second kappa shape index (κ2) is 7.47. The first kappa shape index (κ1) is 17.8. The van der Waals surface area contributed by atoms with Gasteiger partial charge in [0.1, 0.15) is 6.10 Å². The van der Waals surface area contributed by atoms with Crippen molar-refractivity contribution < 1.29 is 19.4 Å². The molecule has 0 spiro atoms. The van der Waals surface area contributed by atoms with Crippen molar-refractivity contribution >= 4 is 16.8 Å². The van der Waals surface area contributed by atoms with Crippen molar-refractivity contribution in [3.63, 3.8) is 0 Å². The molecule has 3 rings (SSSR count). The normalized spacial score (nSPS) is 23.6. The smallest absolute Gasteiger partial charge is 0.253 e. The summed E-state index contributed by atoms with van der Waals surface area (Å²) in [6.45, 7) is 4.93. The Morgan fingerprint density at radius 2 is 2.16 bits per heavy atom. The molecule has 1 aliphatic rings. The molecule has 0 bridgehead atoms. The Balaban J connectivity index is 1.72. The number of aryl methyl sites for hydroxylation is 2. The number of nitrogens with zero attached hydrogens (tertiary/aromatic N) is 1. The van der Waals surface area contributed by atoms with Gasteiger partial charge in [0.15, 0.2) is 0 Å². The fourth-order valence-corrected chi connectivity index (χ4v) is 3.16. The van der Waals surface area contributed by atoms with Crippen LogP contribution in [0.2, 0.25) is 0 Å². The summed E-state index contributed by atoms with van der Waals surface area (Å²) in [7, 11) is 1.55. The summed E-state index contributed by atoms with van der Waals surface area (Å²) < 4.78 is 10.6. The lowest BCUT2D eigenvalue weighted by atomic mass is 9.96. The predicted molar refractivity (Wildman–Crippen MR) is 94.7 cm³/mol. The summed E-state index contributed by atoms with van der Waals surface area (Å²) in [4.78, 5) is 17.1. The molecule has 1 aromatic heterocycles. The van der Waals surface area contributed by atoms with Gasteiger partial charge in [0, 0.05) is 25.0 Å². The highest BCUT2D eigenvalue weighted by Crippen LogP contribution is 2.19. The minimum absolute atomic E-state index is 0.194. The van der Waals surface area contributed by atoms with Crippen LogP contribution in [0, 0.1) is 19.8 Å². The summed E-state index contributed by atoms with van der Waals surface area (Å²) >= 11 is 0. The van der Waals surface area contributed by atoms with Crippen molar-refractivity contribution in [3.8, 4) is 0 Å². The van der Waals surface area contributed by atoms with Crippen molar-refractivity contribution in [2.24, 2.45) is 5.92 Å². The number of amides is 1. The van der Waals surface area contributed by atoms with E-state index in [2.05, 4.69) is 10.3 Å². The third-order valence-corrected chi connectivity index (χ3v) is 4.71. The van der Waals surface area contributed by atoms with E-state index in [9.17, 15) is 9.90 Å². The van der Waals surface area contributed by atoms with Gasteiger partial charge in [-0.2, -0.15) is 0 Å². The van der Waals surface area contributed by atoms with E-state index in [1.54, 1.807) is 7.11 Å². The van der Waals surface area contributed by atoms with Crippen LogP contribution in [0.5, 0.6) is 0 Å². The highest BCUT2D eigenvalue weighted by molar-refractivity contribution is 5.98. The average Bonchev–Trinajstić information content (AvgIpc) is 2.60. The van der Waals surface area contributed by atoms with E-state index >= 15 is 0 Å². The molecule has 1 aromatic carbocycles. The van der Waals surface area contributed by atoms with E-state index in [0.29, 0.717) is 31.0 Å². The number of benzene rings is 1. The Bertz CT molecular complexity index is 777. The quantitative estimate of drug-likeness (QED) is 0.881. The van der Waals surface area contributed by atoms with Crippen molar-refractivity contribution in [1.82, 2.24) is 10.3 Å². The Hall–Kier alpha value is -2.02. The number of aliphatic hydroxyl groups is 1. The molecular weight excluding hydrogens is 320 g/mol. The zero-order valence-corrected chi connectivity index (χ0v) is 14.8. The molecule has 25 heavy (non-hydrogen) atoms. The molecule has 6 heteroatoms. The number of carbonyl (C=O) groups excluding carboxylic acids is 1. The monoisotopic (exact) mass is 344 g/mol. The number of hydrogen-bond acceptors (Lipinski definition) is 5. The zero-order valence-electron chi connectivity index (χ0n) is 14.8. The minimum Gasteiger partial charge on any atom is -0.390 e. The van der Waals surface area contributed by atoms with Crippen molar-refractivity contribution in [3.05, 3.63) is 41.1 Å². The van der Waals surface area contributed by atoms with Crippen LogP contribution in [0.1, 0.15) is 21.6 Å². The molecule has 2 N–H and O–H groups in total. The lowest BCUT2D eigenvalue weighted by Gasteiger charge is -2.33. The third kappa shape index (κ3) is 3.81. The molecule has 3 atom stereocenters. The highest BCUT2D eigenvalue weighted by Gasteiger charge is 2.33. The van der Waals surface area contributed by atoms with E-state index in [1.807, 2.05) is 38.1 Å². The van der Waals surface area contributed by atoms with Crippen molar-refractivity contribution in [1.29, 1.82) is 0 Å². The average molecular weight is 344 g/mol. The maximum atomic E-state index is 12.6. The highest BCUT2D eigenvalue weighted by atomic mass is 16.5. The molecule has 0 unspecified atom stereocenters. The molecule has 1 aliphatic heterocycles. The molecule has 6 nitrogen and oxygen atoms in total. The molecule has 1 fully saturated rings. The molecule has 1 saturated heterocycles. The summed E-state index contributed by atoms with van der Waals surface area (Å²) in [6.07, 6.45) is -1.01. The first-order valence-corrected chi connectivity index (χ1v) is 8.44. The Morgan fingerprint density at radius 1 is 1.36 bits per heavy atom. The van der Waals surface area contributed by atoms with Crippen LogP contribution in [0.25, 0.3) is 10.9 Å². The lowest BCUT2D eigenvalue weighted by Crippen LogP contribution is -2.49. The molecule has 2 heterocycles. The molecule has 2 aromatic rings. The Kier molecular flexibility index (Phi) is 5.32. The van der Waals surface area contributed by atoms with Crippen LogP contribution < -0.4 is 5.32 Å². The van der Waals surface area contributed by atoms with Gasteiger partial charge in [-0.3, -0.25) is 9.78 Å². The summed E-state index contributed by atoms with van der Waals surface area (Å²) in [5.74, 6) is -0.390. The van der Waals surface area contributed by atoms with Crippen molar-refractivity contribution in [2.45, 2.75) is 26.1 Å². The number of rotatable bonds is 4. The molecule has 0 radical (unpaired) electrons. The van der Waals surface area contributed by atoms with Gasteiger partial charge in [0.05, 0.1) is 36.1 Å². The standard InChI is InChI=1S/C19H24N2O4/c1-11-4-5-16-13(6-11)7-15(12(2)21-16)19(23)20-8-14-9-25-10-17(24-3)18(14)22/h4-7,14,17-18,22H,8-10H2,1-3H3,(H,20,23)/t14-,17-,18+/m1/s1. The van der Waals surface area contributed by atoms with E-state index < -0.39 is 6.10 Å². The number of ether oxygens (including phenoxy) is 2. The largest absolute Gasteiger partial charge is 0.390 e. The van der Waals surface area contributed by atoms with Crippen LogP contribution in [-0.2, 0) is 9.47 Å². The van der Waals surface area contributed by atoms with Gasteiger partial charge in [-0.25, -0.2) is 0 Å². The molecule has 1 amide bonds. The second-order valence-corrected chi connectivity index (χ2v) is 6.59. The van der Waals surface area contributed by atoms with Crippen LogP contribution in [-0.4, -0.2) is 55.1 Å². The minimum atomic E-state index is -0.655. The second-order valence-electron chi connectivity index (χ2n) is 6.59. The van der Waals surface area contributed by atoms with E-state index in [1.165, 1.54) is 0 Å². The van der Waals surface area contributed by atoms with Gasteiger partial charge < -0.3 is 19.9 Å². The first-order chi connectivity index (χ1) is 12.0. The number of aliphatic hydroxyl groups excluding tert-OH is 1. The van der Waals surface area contributed by atoms with Gasteiger partial charge >= 0.3 is 0 Å². The van der Waals surface area contributed by atoms with Crippen LogP contribution >= 0.6 is 0 Å². The van der Waals surface area contributed by atoms with Gasteiger partial charge in [0.2, 0.25) is 0 Å². The zero-order chi connectivity index (χ0) is 18.0. The maximum absolute atomic E-state index is 12.6. The number of pyridine rings is 1. The van der Waals surface area contributed by atoms with Gasteiger partial charge in [0.25, 0.3) is 5.91 Å². The number of hydrogen-bond donors (Lipinski definition) is 2. The number of nitrogens with one attached hydrogen (secondary N) is 1. The van der Waals surface area contributed by atoms with Crippen LogP contribution in [0.4, 0.5) is 0 Å². The molecule has 134 valence electrons. The number of fused-ring (bicyclic) bond motifs is 1. The summed E-state index contributed by atoms with van der Waals surface area (Å²) in [5.41, 5.74) is 3.23. The van der Waals surface area contributed by atoms with E-state index in [4.69, 9.17) is 9.47 Å². The predicted octanol–water partition coefficient (Wildman–Crippen LogP) is 1.60. The number of carbonyl (C=O) groups is 1. The fourth-order valence-electron chi connectivity index (χ4n) is 3.16. The lowest BCUT2D eigenvalue weighted by molar-refractivity contribution is -0.132. The molecular formula is C19H24N2O4. The van der Waals surface area contributed by atoms with Gasteiger partial charge in [-0.05, 0) is 32.0 Å². The number of methoxy groups -OCH3 is 1. The summed E-state index contributed by atoms with van der Waals surface area (Å²) in [5, 5.41) is 14.1. The summed E-state index contributed by atoms with van der Waals surface area (Å²) in [6, 6.07) is 7.84. The fraction of sp³-hybridized carbons (Fsp3) is 0.474. The van der Waals surface area contributed by atoms with Crippen molar-refractivity contribution in [2.75, 3.05) is 26.9 Å². The topological polar surface area (TPSA) is 80.7 Å². The van der Waals surface area contributed by atoms with Gasteiger partial charge in [-0.15, -0.1) is 0 Å². The third-order valence-electron chi connectivity index (χ3n) is 4.71.